The van der Waals surface area contributed by atoms with Crippen LogP contribution in [-0.4, -0.2) is 50.8 Å². The third-order valence-corrected chi connectivity index (χ3v) is 2.28. The van der Waals surface area contributed by atoms with Crippen LogP contribution < -0.4 is 5.32 Å². The van der Waals surface area contributed by atoms with Crippen molar-refractivity contribution >= 4 is 5.96 Å². The molecule has 0 unspecified atom stereocenters. The molecule has 4 heteroatoms. The number of nitrogens with one attached hydrogen (secondary N) is 1. The van der Waals surface area contributed by atoms with Gasteiger partial charge in [0.25, 0.3) is 0 Å². The minimum Gasteiger partial charge on any atom is -0.375 e. The van der Waals surface area contributed by atoms with E-state index in [9.17, 15) is 0 Å². The molecule has 70 valence electrons. The molecule has 0 atom stereocenters. The van der Waals surface area contributed by atoms with Crippen LogP contribution in [0, 0.1) is 0 Å². The maximum absolute atomic E-state index is 5.32. The van der Waals surface area contributed by atoms with E-state index in [1.165, 1.54) is 0 Å². The van der Waals surface area contributed by atoms with Crippen molar-refractivity contribution in [3.63, 3.8) is 0 Å². The lowest BCUT2D eigenvalue weighted by Gasteiger charge is -2.47. The first-order chi connectivity index (χ1) is 5.65. The van der Waals surface area contributed by atoms with Crippen LogP contribution in [0.1, 0.15) is 6.92 Å². The van der Waals surface area contributed by atoms with Crippen molar-refractivity contribution in [3.05, 3.63) is 0 Å². The van der Waals surface area contributed by atoms with Crippen molar-refractivity contribution in [2.45, 2.75) is 12.5 Å². The van der Waals surface area contributed by atoms with E-state index in [0.717, 1.165) is 19.0 Å². The topological polar surface area (TPSA) is 36.9 Å². The molecule has 0 aromatic rings. The fourth-order valence-corrected chi connectivity index (χ4v) is 1.45. The van der Waals surface area contributed by atoms with Crippen molar-refractivity contribution < 1.29 is 4.74 Å². The van der Waals surface area contributed by atoms with Gasteiger partial charge in [-0.1, -0.05) is 0 Å². The van der Waals surface area contributed by atoms with E-state index in [1.807, 2.05) is 7.05 Å². The fourth-order valence-electron chi connectivity index (χ4n) is 1.45. The zero-order valence-corrected chi connectivity index (χ0v) is 8.22. The van der Waals surface area contributed by atoms with Crippen LogP contribution in [0.2, 0.25) is 0 Å². The summed E-state index contributed by atoms with van der Waals surface area (Å²) in [6.07, 6.45) is 0. The van der Waals surface area contributed by atoms with Crippen molar-refractivity contribution in [1.29, 1.82) is 0 Å². The summed E-state index contributed by atoms with van der Waals surface area (Å²) in [7, 11) is 5.42. The third kappa shape index (κ3) is 1.53. The van der Waals surface area contributed by atoms with Gasteiger partial charge in [-0.25, -0.2) is 0 Å². The number of methoxy groups -OCH3 is 1. The van der Waals surface area contributed by atoms with E-state index in [1.54, 1.807) is 14.2 Å². The lowest BCUT2D eigenvalue weighted by molar-refractivity contribution is -0.0839. The van der Waals surface area contributed by atoms with Gasteiger partial charge < -0.3 is 15.0 Å². The van der Waals surface area contributed by atoms with Crippen molar-refractivity contribution in [3.8, 4) is 0 Å². The molecular formula is C8H17N3O. The van der Waals surface area contributed by atoms with Crippen molar-refractivity contribution in [2.75, 3.05) is 34.3 Å². The average Bonchev–Trinajstić information content (AvgIpc) is 2.03. The van der Waals surface area contributed by atoms with Gasteiger partial charge >= 0.3 is 0 Å². The maximum Gasteiger partial charge on any atom is 0.193 e. The molecule has 0 aromatic carbocycles. The summed E-state index contributed by atoms with van der Waals surface area (Å²) in [6.45, 7) is 3.93. The van der Waals surface area contributed by atoms with E-state index in [2.05, 4.69) is 22.1 Å². The average molecular weight is 171 g/mol. The van der Waals surface area contributed by atoms with Gasteiger partial charge in [0.05, 0.1) is 13.1 Å². The number of hydrogen-bond acceptors (Lipinski definition) is 2. The van der Waals surface area contributed by atoms with E-state index in [0.29, 0.717) is 0 Å². The summed E-state index contributed by atoms with van der Waals surface area (Å²) in [6, 6.07) is 0. The predicted molar refractivity (Wildman–Crippen MR) is 49.4 cm³/mol. The van der Waals surface area contributed by atoms with Crippen molar-refractivity contribution in [2.24, 2.45) is 4.99 Å². The van der Waals surface area contributed by atoms with E-state index < -0.39 is 0 Å². The molecule has 0 spiro atoms. The molecule has 0 aliphatic carbocycles. The molecular weight excluding hydrogens is 154 g/mol. The molecule has 1 fully saturated rings. The Hall–Kier alpha value is -0.770. The monoisotopic (exact) mass is 171 g/mol. The standard InChI is InChI=1S/C8H17N3O/c1-8(12-4)5-11(6-8)7(9-2)10-3/h5-6H2,1-4H3,(H,9,10). The molecule has 1 heterocycles. The minimum absolute atomic E-state index is 0.0206. The van der Waals surface area contributed by atoms with Gasteiger partial charge in [-0.3, -0.25) is 4.99 Å². The van der Waals surface area contributed by atoms with Crippen LogP contribution >= 0.6 is 0 Å². The summed E-state index contributed by atoms with van der Waals surface area (Å²) in [4.78, 5) is 6.26. The molecule has 4 nitrogen and oxygen atoms in total. The Bertz CT molecular complexity index is 185. The van der Waals surface area contributed by atoms with Gasteiger partial charge in [-0.15, -0.1) is 0 Å². The molecule has 0 aromatic heterocycles. The van der Waals surface area contributed by atoms with Crippen molar-refractivity contribution in [1.82, 2.24) is 10.2 Å². The Morgan fingerprint density at radius 2 is 2.17 bits per heavy atom. The second-order valence-electron chi connectivity index (χ2n) is 3.31. The second kappa shape index (κ2) is 3.31. The molecule has 1 aliphatic rings. The fraction of sp³-hybridized carbons (Fsp3) is 0.875. The number of ether oxygens (including phenoxy) is 1. The SMILES string of the molecule is CN=C(NC)N1CC(C)(OC)C1. The highest BCUT2D eigenvalue weighted by Gasteiger charge is 2.40. The van der Waals surface area contributed by atoms with Gasteiger partial charge in [-0.05, 0) is 6.92 Å². The number of nitrogens with zero attached hydrogens (tertiary/aromatic N) is 2. The first kappa shape index (κ1) is 9.32. The molecule has 1 saturated heterocycles. The van der Waals surface area contributed by atoms with Gasteiger partial charge in [0, 0.05) is 21.2 Å². The highest BCUT2D eigenvalue weighted by molar-refractivity contribution is 5.80. The summed E-state index contributed by atoms with van der Waals surface area (Å²) in [5, 5.41) is 3.04. The summed E-state index contributed by atoms with van der Waals surface area (Å²) >= 11 is 0. The summed E-state index contributed by atoms with van der Waals surface area (Å²) in [5.41, 5.74) is 0.0206. The Labute approximate surface area is 73.6 Å². The van der Waals surface area contributed by atoms with E-state index in [4.69, 9.17) is 4.74 Å². The highest BCUT2D eigenvalue weighted by atomic mass is 16.5. The molecule has 1 rings (SSSR count). The maximum atomic E-state index is 5.32. The number of aliphatic imine (C=N–C) groups is 1. The Morgan fingerprint density at radius 3 is 2.50 bits per heavy atom. The lowest BCUT2D eigenvalue weighted by Crippen LogP contribution is -2.64. The Kier molecular flexibility index (Phi) is 2.57. The van der Waals surface area contributed by atoms with Gasteiger partial charge in [-0.2, -0.15) is 0 Å². The van der Waals surface area contributed by atoms with Crippen LogP contribution in [-0.2, 0) is 4.74 Å². The van der Waals surface area contributed by atoms with Crippen LogP contribution in [0.5, 0.6) is 0 Å². The largest absolute Gasteiger partial charge is 0.375 e. The van der Waals surface area contributed by atoms with Gasteiger partial charge in [0.2, 0.25) is 0 Å². The minimum atomic E-state index is 0.0206. The summed E-state index contributed by atoms with van der Waals surface area (Å²) in [5.74, 6) is 0.935. The normalized spacial score (nSPS) is 22.0. The predicted octanol–water partition coefficient (Wildman–Crippen LogP) is -0.0877. The van der Waals surface area contributed by atoms with E-state index in [-0.39, 0.29) is 5.60 Å². The lowest BCUT2D eigenvalue weighted by atomic mass is 9.97. The van der Waals surface area contributed by atoms with Crippen LogP contribution in [0.15, 0.2) is 4.99 Å². The molecule has 12 heavy (non-hydrogen) atoms. The number of hydrogen-bond donors (Lipinski definition) is 1. The third-order valence-electron chi connectivity index (χ3n) is 2.28. The molecule has 0 bridgehead atoms. The Balaban J connectivity index is 2.43. The van der Waals surface area contributed by atoms with Crippen LogP contribution in [0.4, 0.5) is 0 Å². The first-order valence-electron chi connectivity index (χ1n) is 4.10. The van der Waals surface area contributed by atoms with Crippen LogP contribution in [0.25, 0.3) is 0 Å². The molecule has 1 N–H and O–H groups in total. The molecule has 1 aliphatic heterocycles. The highest BCUT2D eigenvalue weighted by Crippen LogP contribution is 2.23. The number of rotatable bonds is 1. The Morgan fingerprint density at radius 1 is 1.58 bits per heavy atom. The number of guanidine groups is 1. The van der Waals surface area contributed by atoms with E-state index >= 15 is 0 Å². The number of likely N-dealkylation sites (tertiary alicyclic amines) is 1. The van der Waals surface area contributed by atoms with Crippen LogP contribution in [0.3, 0.4) is 0 Å². The first-order valence-corrected chi connectivity index (χ1v) is 4.10. The van der Waals surface area contributed by atoms with Gasteiger partial charge in [0.15, 0.2) is 5.96 Å². The van der Waals surface area contributed by atoms with Gasteiger partial charge in [0.1, 0.15) is 5.60 Å². The summed E-state index contributed by atoms with van der Waals surface area (Å²) < 4.78 is 5.32. The molecule has 0 saturated carbocycles. The second-order valence-corrected chi connectivity index (χ2v) is 3.31. The molecule has 0 radical (unpaired) electrons. The zero-order valence-electron chi connectivity index (χ0n) is 8.22. The zero-order chi connectivity index (χ0) is 9.19. The molecule has 0 amide bonds. The quantitative estimate of drug-likeness (QED) is 0.442. The smallest absolute Gasteiger partial charge is 0.193 e.